The van der Waals surface area contributed by atoms with Gasteiger partial charge in [0.25, 0.3) is 5.91 Å². The molecule has 25 heavy (non-hydrogen) atoms. The summed E-state index contributed by atoms with van der Waals surface area (Å²) in [6.07, 6.45) is 2.77. The van der Waals surface area contributed by atoms with E-state index in [4.69, 9.17) is 0 Å². The zero-order valence-electron chi connectivity index (χ0n) is 14.3. The Labute approximate surface area is 151 Å². The van der Waals surface area contributed by atoms with E-state index in [-0.39, 0.29) is 5.91 Å². The number of para-hydroxylation sites is 1. The van der Waals surface area contributed by atoms with Crippen LogP contribution in [-0.4, -0.2) is 10.9 Å². The van der Waals surface area contributed by atoms with E-state index < -0.39 is 0 Å². The molecular formula is C20H21N3OS. The van der Waals surface area contributed by atoms with Crippen molar-refractivity contribution >= 4 is 33.8 Å². The van der Waals surface area contributed by atoms with Crippen LogP contribution in [0.5, 0.6) is 0 Å². The fourth-order valence-electron chi connectivity index (χ4n) is 2.60. The summed E-state index contributed by atoms with van der Waals surface area (Å²) in [5.74, 6) is 0.285. The van der Waals surface area contributed by atoms with Gasteiger partial charge in [-0.3, -0.25) is 4.79 Å². The highest BCUT2D eigenvalue weighted by Gasteiger charge is 2.12. The fraction of sp³-hybridized carbons (Fsp3) is 0.200. The first kappa shape index (κ1) is 17.2. The number of thiazole rings is 1. The highest BCUT2D eigenvalue weighted by atomic mass is 32.1. The van der Waals surface area contributed by atoms with Gasteiger partial charge in [-0.2, -0.15) is 0 Å². The number of amides is 1. The van der Waals surface area contributed by atoms with Crippen molar-refractivity contribution in [1.29, 1.82) is 0 Å². The lowest BCUT2D eigenvalue weighted by molar-refractivity contribution is 0.102. The molecule has 4 nitrogen and oxygen atoms in total. The molecule has 0 aliphatic carbocycles. The highest BCUT2D eigenvalue weighted by Crippen LogP contribution is 2.27. The summed E-state index contributed by atoms with van der Waals surface area (Å²) in [5, 5.41) is 8.97. The Bertz CT molecular complexity index is 846. The lowest BCUT2D eigenvalue weighted by Crippen LogP contribution is -2.14. The molecule has 0 saturated heterocycles. The predicted octanol–water partition coefficient (Wildman–Crippen LogP) is 5.65. The Morgan fingerprint density at radius 1 is 1.20 bits per heavy atom. The smallest absolute Gasteiger partial charge is 0.255 e. The van der Waals surface area contributed by atoms with Gasteiger partial charge in [0.05, 0.1) is 0 Å². The molecule has 3 rings (SSSR count). The molecule has 2 aromatic carbocycles. The predicted molar refractivity (Wildman–Crippen MR) is 105 cm³/mol. The summed E-state index contributed by atoms with van der Waals surface area (Å²) >= 11 is 1.52. The Kier molecular flexibility index (Phi) is 5.46. The van der Waals surface area contributed by atoms with Gasteiger partial charge in [-0.15, -0.1) is 11.3 Å². The maximum absolute atomic E-state index is 12.7. The molecule has 0 radical (unpaired) electrons. The average Bonchev–Trinajstić information content (AvgIpc) is 3.14. The van der Waals surface area contributed by atoms with Gasteiger partial charge in [0.2, 0.25) is 0 Å². The molecular weight excluding hydrogens is 330 g/mol. The van der Waals surface area contributed by atoms with Crippen LogP contribution in [-0.2, 0) is 0 Å². The minimum absolute atomic E-state index is 0.112. The summed E-state index contributed by atoms with van der Waals surface area (Å²) in [7, 11) is 0. The van der Waals surface area contributed by atoms with Crippen molar-refractivity contribution in [3.8, 4) is 0 Å². The van der Waals surface area contributed by atoms with Gasteiger partial charge in [-0.25, -0.2) is 4.98 Å². The summed E-state index contributed by atoms with van der Waals surface area (Å²) in [5.41, 5.74) is 3.49. The van der Waals surface area contributed by atoms with Gasteiger partial charge in [-0.1, -0.05) is 38.1 Å². The van der Waals surface area contributed by atoms with Gasteiger partial charge < -0.3 is 10.6 Å². The second kappa shape index (κ2) is 7.94. The summed E-state index contributed by atoms with van der Waals surface area (Å²) in [6, 6.07) is 15.4. The maximum atomic E-state index is 12.7. The van der Waals surface area contributed by atoms with Crippen molar-refractivity contribution in [3.63, 3.8) is 0 Å². The molecule has 0 aliphatic heterocycles. The minimum atomic E-state index is -0.112. The number of nitrogens with one attached hydrogen (secondary N) is 2. The van der Waals surface area contributed by atoms with Crippen LogP contribution in [0.4, 0.5) is 16.5 Å². The van der Waals surface area contributed by atoms with E-state index in [0.29, 0.717) is 11.5 Å². The molecule has 1 amide bonds. The van der Waals surface area contributed by atoms with Gasteiger partial charge in [0.15, 0.2) is 5.13 Å². The lowest BCUT2D eigenvalue weighted by Gasteiger charge is -2.16. The largest absolute Gasteiger partial charge is 0.332 e. The first-order valence-corrected chi connectivity index (χ1v) is 9.22. The first-order valence-electron chi connectivity index (χ1n) is 8.34. The molecule has 1 atom stereocenters. The number of hydrogen-bond donors (Lipinski definition) is 2. The number of aromatic nitrogens is 1. The summed E-state index contributed by atoms with van der Waals surface area (Å²) in [6.45, 7) is 4.32. The van der Waals surface area contributed by atoms with E-state index in [9.17, 15) is 4.79 Å². The number of rotatable bonds is 6. The van der Waals surface area contributed by atoms with Gasteiger partial charge in [-0.05, 0) is 42.2 Å². The number of nitrogens with zero attached hydrogens (tertiary/aromatic N) is 1. The SMILES string of the molecule is CCC(C)c1ccccc1NC(=O)c1cccc(Nc2nccs2)c1. The molecule has 2 N–H and O–H groups in total. The fourth-order valence-corrected chi connectivity index (χ4v) is 3.15. The lowest BCUT2D eigenvalue weighted by atomic mass is 9.97. The normalized spacial score (nSPS) is 11.8. The molecule has 0 bridgehead atoms. The number of anilines is 3. The highest BCUT2D eigenvalue weighted by molar-refractivity contribution is 7.13. The molecule has 128 valence electrons. The van der Waals surface area contributed by atoms with Crippen LogP contribution in [0.2, 0.25) is 0 Å². The van der Waals surface area contributed by atoms with E-state index in [1.54, 1.807) is 6.20 Å². The standard InChI is InChI=1S/C20H21N3OS/c1-3-14(2)17-9-4-5-10-18(17)23-19(24)15-7-6-8-16(13-15)22-20-21-11-12-25-20/h4-14H,3H2,1-2H3,(H,21,22)(H,23,24). The van der Waals surface area contributed by atoms with Crippen LogP contribution in [0.15, 0.2) is 60.1 Å². The zero-order chi connectivity index (χ0) is 17.6. The van der Waals surface area contributed by atoms with Crippen molar-refractivity contribution in [2.45, 2.75) is 26.2 Å². The van der Waals surface area contributed by atoms with Gasteiger partial charge >= 0.3 is 0 Å². The third-order valence-corrected chi connectivity index (χ3v) is 4.85. The Morgan fingerprint density at radius 3 is 2.80 bits per heavy atom. The van der Waals surface area contributed by atoms with E-state index in [0.717, 1.165) is 28.5 Å². The van der Waals surface area contributed by atoms with Crippen LogP contribution in [0.3, 0.4) is 0 Å². The second-order valence-electron chi connectivity index (χ2n) is 5.89. The molecule has 0 fully saturated rings. The number of carbonyl (C=O) groups is 1. The van der Waals surface area contributed by atoms with Gasteiger partial charge in [0.1, 0.15) is 0 Å². The van der Waals surface area contributed by atoms with Crippen molar-refractivity contribution < 1.29 is 4.79 Å². The first-order chi connectivity index (χ1) is 12.2. The second-order valence-corrected chi connectivity index (χ2v) is 6.79. The molecule has 5 heteroatoms. The average molecular weight is 351 g/mol. The third kappa shape index (κ3) is 4.25. The summed E-state index contributed by atoms with van der Waals surface area (Å²) < 4.78 is 0. The molecule has 0 saturated carbocycles. The monoisotopic (exact) mass is 351 g/mol. The van der Waals surface area contributed by atoms with Crippen LogP contribution < -0.4 is 10.6 Å². The van der Waals surface area contributed by atoms with Crippen LogP contribution in [0, 0.1) is 0 Å². The van der Waals surface area contributed by atoms with Crippen molar-refractivity contribution in [2.75, 3.05) is 10.6 Å². The third-order valence-electron chi connectivity index (χ3n) is 4.16. The molecule has 1 unspecified atom stereocenters. The minimum Gasteiger partial charge on any atom is -0.332 e. The van der Waals surface area contributed by atoms with Crippen molar-refractivity contribution in [2.24, 2.45) is 0 Å². The number of benzene rings is 2. The number of hydrogen-bond acceptors (Lipinski definition) is 4. The van der Waals surface area contributed by atoms with E-state index in [2.05, 4.69) is 35.5 Å². The molecule has 3 aromatic rings. The molecule has 1 aromatic heterocycles. The summed E-state index contributed by atoms with van der Waals surface area (Å²) in [4.78, 5) is 16.9. The maximum Gasteiger partial charge on any atom is 0.255 e. The van der Waals surface area contributed by atoms with Crippen LogP contribution in [0.25, 0.3) is 0 Å². The Morgan fingerprint density at radius 2 is 2.04 bits per heavy atom. The van der Waals surface area contributed by atoms with E-state index in [1.807, 2.05) is 47.8 Å². The van der Waals surface area contributed by atoms with Crippen LogP contribution in [0.1, 0.15) is 42.1 Å². The van der Waals surface area contributed by atoms with E-state index >= 15 is 0 Å². The van der Waals surface area contributed by atoms with E-state index in [1.165, 1.54) is 11.3 Å². The van der Waals surface area contributed by atoms with Gasteiger partial charge in [0, 0.05) is 28.5 Å². The number of carbonyl (C=O) groups excluding carboxylic acids is 1. The molecule has 0 aliphatic rings. The quantitative estimate of drug-likeness (QED) is 0.603. The van der Waals surface area contributed by atoms with Crippen molar-refractivity contribution in [1.82, 2.24) is 4.98 Å². The van der Waals surface area contributed by atoms with Crippen molar-refractivity contribution in [3.05, 3.63) is 71.2 Å². The topological polar surface area (TPSA) is 54.0 Å². The Balaban J connectivity index is 1.78. The van der Waals surface area contributed by atoms with Crippen LogP contribution >= 0.6 is 11.3 Å². The zero-order valence-corrected chi connectivity index (χ0v) is 15.1. The molecule has 0 spiro atoms. The molecule has 1 heterocycles. The Hall–Kier alpha value is -2.66.